The lowest BCUT2D eigenvalue weighted by atomic mass is 9.98. The average Bonchev–Trinajstić information content (AvgIpc) is 3.20. The van der Waals surface area contributed by atoms with Crippen molar-refractivity contribution in [2.75, 3.05) is 6.54 Å². The van der Waals surface area contributed by atoms with E-state index >= 15 is 0 Å². The Morgan fingerprint density at radius 2 is 2.12 bits per heavy atom. The number of hydroxylamine groups is 2. The molecule has 8 heteroatoms. The van der Waals surface area contributed by atoms with Crippen LogP contribution in [0.25, 0.3) is 0 Å². The number of aromatic nitrogens is 1. The maximum Gasteiger partial charge on any atom is 0.344 e. The molecule has 2 fully saturated rings. The van der Waals surface area contributed by atoms with E-state index in [1.54, 1.807) is 4.90 Å². The normalized spacial score (nSPS) is 22.5. The lowest BCUT2D eigenvalue weighted by Crippen LogP contribution is -2.34. The summed E-state index contributed by atoms with van der Waals surface area (Å²) in [5.74, 6) is -0.672. The van der Waals surface area contributed by atoms with E-state index in [1.807, 2.05) is 30.3 Å². The van der Waals surface area contributed by atoms with Crippen LogP contribution in [0.15, 0.2) is 40.9 Å². The minimum Gasteiger partial charge on any atom is -0.363 e. The Morgan fingerprint density at radius 1 is 1.32 bits per heavy atom. The summed E-state index contributed by atoms with van der Waals surface area (Å²) in [6.07, 6.45) is 1.52. The number of urea groups is 1. The molecule has 130 valence electrons. The lowest BCUT2D eigenvalue weighted by molar-refractivity contribution is -0.140. The Morgan fingerprint density at radius 3 is 2.84 bits per heavy atom. The molecule has 0 radical (unpaired) electrons. The van der Waals surface area contributed by atoms with Gasteiger partial charge in [0.05, 0.1) is 12.1 Å². The molecule has 1 aromatic carbocycles. The van der Waals surface area contributed by atoms with E-state index in [4.69, 9.17) is 15.1 Å². The zero-order valence-electron chi connectivity index (χ0n) is 13.5. The number of primary amides is 1. The van der Waals surface area contributed by atoms with Gasteiger partial charge in [-0.2, -0.15) is 5.06 Å². The van der Waals surface area contributed by atoms with E-state index in [1.165, 1.54) is 11.1 Å². The molecule has 0 saturated carbocycles. The standard InChI is InChI=1S/C17H18N4O4/c18-16(22)15-8-13(19-25-15)14-7-6-12-9-20(14)17(23)21(12)24-10-11-4-2-1-3-5-11/h1-5,8,12,14H,6-7,9-10H2,(H2,18,22)/t12-,14+/m1/s1. The van der Waals surface area contributed by atoms with Gasteiger partial charge in [0.25, 0.3) is 5.91 Å². The highest BCUT2D eigenvalue weighted by Crippen LogP contribution is 2.38. The highest BCUT2D eigenvalue weighted by Gasteiger charge is 2.47. The van der Waals surface area contributed by atoms with Crippen molar-refractivity contribution in [3.05, 3.63) is 53.4 Å². The zero-order valence-corrected chi connectivity index (χ0v) is 13.5. The summed E-state index contributed by atoms with van der Waals surface area (Å²) in [5.41, 5.74) is 6.75. The number of carbonyl (C=O) groups is 2. The molecule has 2 atom stereocenters. The van der Waals surface area contributed by atoms with Gasteiger partial charge in [-0.25, -0.2) is 4.79 Å². The van der Waals surface area contributed by atoms with Crippen LogP contribution in [-0.2, 0) is 11.4 Å². The second-order valence-corrected chi connectivity index (χ2v) is 6.25. The Hall–Kier alpha value is -2.87. The van der Waals surface area contributed by atoms with E-state index < -0.39 is 5.91 Å². The van der Waals surface area contributed by atoms with Crippen LogP contribution >= 0.6 is 0 Å². The van der Waals surface area contributed by atoms with Gasteiger partial charge in [0.1, 0.15) is 12.3 Å². The summed E-state index contributed by atoms with van der Waals surface area (Å²) in [6.45, 7) is 0.911. The lowest BCUT2D eigenvalue weighted by Gasteiger charge is -2.28. The Labute approximate surface area is 144 Å². The molecule has 3 amide bonds. The Balaban J connectivity index is 1.47. The number of hydrogen-bond acceptors (Lipinski definition) is 5. The molecule has 2 aliphatic rings. The van der Waals surface area contributed by atoms with Crippen LogP contribution in [0.1, 0.15) is 40.7 Å². The fraction of sp³-hybridized carbons (Fsp3) is 0.353. The second-order valence-electron chi connectivity index (χ2n) is 6.25. The first-order valence-corrected chi connectivity index (χ1v) is 8.16. The van der Waals surface area contributed by atoms with Crippen LogP contribution in [0, 0.1) is 0 Å². The van der Waals surface area contributed by atoms with E-state index in [0.717, 1.165) is 18.4 Å². The van der Waals surface area contributed by atoms with E-state index in [0.29, 0.717) is 18.8 Å². The van der Waals surface area contributed by atoms with Gasteiger partial charge in [-0.05, 0) is 18.4 Å². The van der Waals surface area contributed by atoms with Crippen molar-refractivity contribution >= 4 is 11.9 Å². The number of nitrogens with two attached hydrogens (primary N) is 1. The summed E-state index contributed by atoms with van der Waals surface area (Å²) in [7, 11) is 0. The molecule has 3 heterocycles. The molecular formula is C17H18N4O4. The number of benzene rings is 1. The number of nitrogens with zero attached hydrogens (tertiary/aromatic N) is 3. The zero-order chi connectivity index (χ0) is 17.4. The molecule has 0 aliphatic carbocycles. The number of amides is 3. The van der Waals surface area contributed by atoms with Gasteiger partial charge in [0.2, 0.25) is 5.76 Å². The fourth-order valence-electron chi connectivity index (χ4n) is 3.39. The van der Waals surface area contributed by atoms with Crippen molar-refractivity contribution in [3.8, 4) is 0 Å². The number of fused-ring (bicyclic) bond motifs is 2. The molecular weight excluding hydrogens is 324 g/mol. The van der Waals surface area contributed by atoms with E-state index in [2.05, 4.69) is 5.16 Å². The van der Waals surface area contributed by atoms with Gasteiger partial charge in [-0.15, -0.1) is 0 Å². The van der Waals surface area contributed by atoms with Gasteiger partial charge >= 0.3 is 6.03 Å². The first kappa shape index (κ1) is 15.6. The third kappa shape index (κ3) is 2.85. The van der Waals surface area contributed by atoms with Crippen molar-refractivity contribution in [1.29, 1.82) is 0 Å². The summed E-state index contributed by atoms with van der Waals surface area (Å²) in [5, 5.41) is 5.36. The predicted molar refractivity (Wildman–Crippen MR) is 86.0 cm³/mol. The van der Waals surface area contributed by atoms with Gasteiger partial charge in [0.15, 0.2) is 0 Å². The topological polar surface area (TPSA) is 102 Å². The second kappa shape index (κ2) is 6.21. The molecule has 2 saturated heterocycles. The van der Waals surface area contributed by atoms with Gasteiger partial charge in [-0.1, -0.05) is 35.5 Å². The Bertz CT molecular complexity index is 791. The third-order valence-corrected chi connectivity index (χ3v) is 4.65. The maximum atomic E-state index is 12.7. The van der Waals surface area contributed by atoms with Gasteiger partial charge in [0, 0.05) is 12.6 Å². The number of piperidine rings is 1. The maximum absolute atomic E-state index is 12.7. The Kier molecular flexibility index (Phi) is 3.89. The van der Waals surface area contributed by atoms with Crippen LogP contribution in [0.2, 0.25) is 0 Å². The van der Waals surface area contributed by atoms with Crippen LogP contribution in [0.4, 0.5) is 4.79 Å². The van der Waals surface area contributed by atoms with Gasteiger partial charge in [-0.3, -0.25) is 9.63 Å². The average molecular weight is 342 g/mol. The largest absolute Gasteiger partial charge is 0.363 e. The summed E-state index contributed by atoms with van der Waals surface area (Å²) in [6, 6.07) is 10.8. The summed E-state index contributed by atoms with van der Waals surface area (Å²) >= 11 is 0. The molecule has 0 unspecified atom stereocenters. The molecule has 0 spiro atoms. The van der Waals surface area contributed by atoms with Crippen molar-refractivity contribution in [2.45, 2.75) is 31.5 Å². The van der Waals surface area contributed by atoms with Gasteiger partial charge < -0.3 is 15.2 Å². The molecule has 25 heavy (non-hydrogen) atoms. The molecule has 4 rings (SSSR count). The van der Waals surface area contributed by atoms with Crippen molar-refractivity contribution in [2.24, 2.45) is 5.73 Å². The van der Waals surface area contributed by atoms with E-state index in [9.17, 15) is 9.59 Å². The van der Waals surface area contributed by atoms with Crippen molar-refractivity contribution in [1.82, 2.24) is 15.1 Å². The first-order chi connectivity index (χ1) is 12.1. The smallest absolute Gasteiger partial charge is 0.344 e. The summed E-state index contributed by atoms with van der Waals surface area (Å²) < 4.78 is 4.95. The molecule has 1 aromatic heterocycles. The molecule has 2 N–H and O–H groups in total. The molecule has 8 nitrogen and oxygen atoms in total. The molecule has 2 aromatic rings. The molecule has 2 aliphatic heterocycles. The minimum absolute atomic E-state index is 0.000883. The van der Waals surface area contributed by atoms with Crippen molar-refractivity contribution in [3.63, 3.8) is 0 Å². The van der Waals surface area contributed by atoms with Crippen LogP contribution in [0.5, 0.6) is 0 Å². The molecule has 2 bridgehead atoms. The predicted octanol–water partition coefficient (Wildman–Crippen LogP) is 1.85. The monoisotopic (exact) mass is 342 g/mol. The number of carbonyl (C=O) groups excluding carboxylic acids is 2. The highest BCUT2D eigenvalue weighted by molar-refractivity contribution is 5.89. The van der Waals surface area contributed by atoms with E-state index in [-0.39, 0.29) is 23.9 Å². The third-order valence-electron chi connectivity index (χ3n) is 4.65. The highest BCUT2D eigenvalue weighted by atomic mass is 16.7. The SMILES string of the molecule is NC(=O)c1cc([C@@H]2CC[C@@H]3CN2C(=O)N3OCc2ccccc2)no1. The summed E-state index contributed by atoms with van der Waals surface area (Å²) in [4.78, 5) is 31.4. The van der Waals surface area contributed by atoms with Crippen LogP contribution in [-0.4, -0.2) is 39.6 Å². The quantitative estimate of drug-likeness (QED) is 0.893. The first-order valence-electron chi connectivity index (χ1n) is 8.16. The van der Waals surface area contributed by atoms with Crippen LogP contribution in [0.3, 0.4) is 0 Å². The van der Waals surface area contributed by atoms with Crippen molar-refractivity contribution < 1.29 is 18.9 Å². The van der Waals surface area contributed by atoms with Crippen LogP contribution < -0.4 is 5.73 Å². The fourth-order valence-corrected chi connectivity index (χ4v) is 3.39. The minimum atomic E-state index is -0.673. The number of hydrogen-bond donors (Lipinski definition) is 1. The number of rotatable bonds is 5.